The van der Waals surface area contributed by atoms with Crippen molar-refractivity contribution in [2.45, 2.75) is 26.7 Å². The molecule has 5 heteroatoms. The van der Waals surface area contributed by atoms with Crippen LogP contribution in [0.25, 0.3) is 0 Å². The Morgan fingerprint density at radius 2 is 1.85 bits per heavy atom. The molecule has 1 fully saturated rings. The highest BCUT2D eigenvalue weighted by Gasteiger charge is 2.20. The number of amides is 2. The predicted octanol–water partition coefficient (Wildman–Crippen LogP) is 1.31. The van der Waals surface area contributed by atoms with Crippen molar-refractivity contribution in [2.75, 3.05) is 59.9 Å². The van der Waals surface area contributed by atoms with Gasteiger partial charge in [0.2, 0.25) is 0 Å². The van der Waals surface area contributed by atoms with Gasteiger partial charge in [-0.05, 0) is 45.9 Å². The Balaban J connectivity index is 2.12. The minimum atomic E-state index is 0.104. The van der Waals surface area contributed by atoms with Gasteiger partial charge >= 0.3 is 6.03 Å². The Morgan fingerprint density at radius 3 is 2.40 bits per heavy atom. The van der Waals surface area contributed by atoms with Crippen LogP contribution in [0, 0.1) is 5.92 Å². The Bertz CT molecular complexity index is 273. The molecule has 20 heavy (non-hydrogen) atoms. The Morgan fingerprint density at radius 1 is 1.20 bits per heavy atom. The van der Waals surface area contributed by atoms with Crippen LogP contribution in [0.5, 0.6) is 0 Å². The van der Waals surface area contributed by atoms with Crippen LogP contribution in [-0.2, 0) is 0 Å². The highest BCUT2D eigenvalue weighted by molar-refractivity contribution is 5.74. The number of hydrogen-bond acceptors (Lipinski definition) is 3. The summed E-state index contributed by atoms with van der Waals surface area (Å²) in [7, 11) is 4.11. The summed E-state index contributed by atoms with van der Waals surface area (Å²) in [5, 5.41) is 3.01. The summed E-state index contributed by atoms with van der Waals surface area (Å²) in [6.07, 6.45) is 2.25. The maximum atomic E-state index is 12.0. The molecule has 0 aromatic heterocycles. The normalized spacial score (nSPS) is 17.0. The van der Waals surface area contributed by atoms with Gasteiger partial charge in [0.1, 0.15) is 0 Å². The molecule has 0 saturated carbocycles. The van der Waals surface area contributed by atoms with E-state index in [9.17, 15) is 4.79 Å². The first-order valence-electron chi connectivity index (χ1n) is 7.89. The van der Waals surface area contributed by atoms with Gasteiger partial charge in [-0.3, -0.25) is 4.90 Å². The number of rotatable bonds is 7. The maximum absolute atomic E-state index is 12.0. The van der Waals surface area contributed by atoms with Crippen molar-refractivity contribution in [3.8, 4) is 0 Å². The van der Waals surface area contributed by atoms with Gasteiger partial charge in [-0.15, -0.1) is 0 Å². The minimum Gasteiger partial charge on any atom is -0.338 e. The molecule has 0 unspecified atom stereocenters. The molecule has 118 valence electrons. The standard InChI is InChI=1S/C15H32N4O/c1-14(2)6-9-18-10-12-19(13-11-18)15(20)16-7-5-8-17(3)4/h14H,5-13H2,1-4H3,(H,16,20). The third kappa shape index (κ3) is 7.10. The summed E-state index contributed by atoms with van der Waals surface area (Å²) in [5.41, 5.74) is 0. The van der Waals surface area contributed by atoms with Gasteiger partial charge in [0.25, 0.3) is 0 Å². The van der Waals surface area contributed by atoms with Crippen LogP contribution in [0.3, 0.4) is 0 Å². The van der Waals surface area contributed by atoms with Gasteiger partial charge < -0.3 is 15.1 Å². The number of carbonyl (C=O) groups excluding carboxylic acids is 1. The largest absolute Gasteiger partial charge is 0.338 e. The van der Waals surface area contributed by atoms with Crippen molar-refractivity contribution >= 4 is 6.03 Å². The van der Waals surface area contributed by atoms with Crippen LogP contribution in [-0.4, -0.2) is 80.6 Å². The van der Waals surface area contributed by atoms with E-state index in [4.69, 9.17) is 0 Å². The van der Waals surface area contributed by atoms with E-state index in [0.717, 1.165) is 58.2 Å². The predicted molar refractivity (Wildman–Crippen MR) is 84.0 cm³/mol. The average molecular weight is 284 g/mol. The van der Waals surface area contributed by atoms with E-state index in [1.807, 2.05) is 4.90 Å². The number of nitrogens with one attached hydrogen (secondary N) is 1. The quantitative estimate of drug-likeness (QED) is 0.717. The van der Waals surface area contributed by atoms with Crippen molar-refractivity contribution in [1.82, 2.24) is 20.0 Å². The number of urea groups is 1. The van der Waals surface area contributed by atoms with Gasteiger partial charge in [0, 0.05) is 32.7 Å². The molecule has 1 N–H and O–H groups in total. The topological polar surface area (TPSA) is 38.8 Å². The second-order valence-electron chi connectivity index (χ2n) is 6.40. The summed E-state index contributed by atoms with van der Waals surface area (Å²) < 4.78 is 0. The summed E-state index contributed by atoms with van der Waals surface area (Å²) in [6, 6.07) is 0.104. The first kappa shape index (κ1) is 17.2. The van der Waals surface area contributed by atoms with E-state index in [2.05, 4.69) is 43.1 Å². The molecule has 1 saturated heterocycles. The zero-order valence-corrected chi connectivity index (χ0v) is 13.7. The smallest absolute Gasteiger partial charge is 0.317 e. The summed E-state index contributed by atoms with van der Waals surface area (Å²) >= 11 is 0. The second kappa shape index (κ2) is 9.19. The molecule has 0 aliphatic carbocycles. The zero-order valence-electron chi connectivity index (χ0n) is 13.7. The summed E-state index contributed by atoms with van der Waals surface area (Å²) in [6.45, 7) is 11.2. The van der Waals surface area contributed by atoms with Crippen molar-refractivity contribution in [2.24, 2.45) is 5.92 Å². The average Bonchev–Trinajstić information content (AvgIpc) is 2.41. The highest BCUT2D eigenvalue weighted by Crippen LogP contribution is 2.06. The molecule has 0 atom stereocenters. The third-order valence-electron chi connectivity index (χ3n) is 3.74. The van der Waals surface area contributed by atoms with Crippen LogP contribution in [0.15, 0.2) is 0 Å². The summed E-state index contributed by atoms with van der Waals surface area (Å²) in [4.78, 5) is 18.6. The molecule has 0 radical (unpaired) electrons. The molecule has 0 aromatic rings. The van der Waals surface area contributed by atoms with E-state index in [0.29, 0.717) is 0 Å². The Labute approximate surface area is 124 Å². The fraction of sp³-hybridized carbons (Fsp3) is 0.933. The van der Waals surface area contributed by atoms with Crippen molar-refractivity contribution < 1.29 is 4.79 Å². The van der Waals surface area contributed by atoms with Crippen molar-refractivity contribution in [3.05, 3.63) is 0 Å². The lowest BCUT2D eigenvalue weighted by Gasteiger charge is -2.35. The molecule has 2 amide bonds. The zero-order chi connectivity index (χ0) is 15.0. The molecule has 1 heterocycles. The lowest BCUT2D eigenvalue weighted by atomic mass is 10.1. The molecule has 0 spiro atoms. The van der Waals surface area contributed by atoms with Crippen molar-refractivity contribution in [1.29, 1.82) is 0 Å². The molecule has 1 aliphatic heterocycles. The fourth-order valence-electron chi connectivity index (χ4n) is 2.32. The van der Waals surface area contributed by atoms with Gasteiger partial charge in [0.15, 0.2) is 0 Å². The lowest BCUT2D eigenvalue weighted by Crippen LogP contribution is -2.52. The van der Waals surface area contributed by atoms with E-state index in [-0.39, 0.29) is 6.03 Å². The monoisotopic (exact) mass is 284 g/mol. The van der Waals surface area contributed by atoms with Gasteiger partial charge in [-0.1, -0.05) is 13.8 Å². The van der Waals surface area contributed by atoms with Gasteiger partial charge in [-0.2, -0.15) is 0 Å². The van der Waals surface area contributed by atoms with E-state index in [1.54, 1.807) is 0 Å². The Hall–Kier alpha value is -0.810. The second-order valence-corrected chi connectivity index (χ2v) is 6.40. The molecular formula is C15H32N4O. The van der Waals surface area contributed by atoms with Crippen LogP contribution >= 0.6 is 0 Å². The van der Waals surface area contributed by atoms with Crippen molar-refractivity contribution in [3.63, 3.8) is 0 Å². The number of carbonyl (C=O) groups is 1. The van der Waals surface area contributed by atoms with Crippen LogP contribution in [0.2, 0.25) is 0 Å². The molecule has 1 aliphatic rings. The van der Waals surface area contributed by atoms with E-state index >= 15 is 0 Å². The minimum absolute atomic E-state index is 0.104. The third-order valence-corrected chi connectivity index (χ3v) is 3.74. The molecular weight excluding hydrogens is 252 g/mol. The maximum Gasteiger partial charge on any atom is 0.317 e. The number of hydrogen-bond donors (Lipinski definition) is 1. The number of nitrogens with zero attached hydrogens (tertiary/aromatic N) is 3. The fourth-order valence-corrected chi connectivity index (χ4v) is 2.32. The molecule has 0 bridgehead atoms. The molecule has 1 rings (SSSR count). The SMILES string of the molecule is CC(C)CCN1CCN(C(=O)NCCCN(C)C)CC1. The van der Waals surface area contributed by atoms with E-state index in [1.165, 1.54) is 6.42 Å². The highest BCUT2D eigenvalue weighted by atomic mass is 16.2. The van der Waals surface area contributed by atoms with Crippen LogP contribution in [0.1, 0.15) is 26.7 Å². The summed E-state index contributed by atoms with van der Waals surface area (Å²) in [5.74, 6) is 0.757. The lowest BCUT2D eigenvalue weighted by molar-refractivity contribution is 0.135. The van der Waals surface area contributed by atoms with Crippen LogP contribution in [0.4, 0.5) is 4.79 Å². The number of piperazine rings is 1. The Kier molecular flexibility index (Phi) is 7.92. The van der Waals surface area contributed by atoms with Gasteiger partial charge in [-0.25, -0.2) is 4.79 Å². The van der Waals surface area contributed by atoms with Crippen LogP contribution < -0.4 is 5.32 Å². The van der Waals surface area contributed by atoms with E-state index < -0.39 is 0 Å². The van der Waals surface area contributed by atoms with Gasteiger partial charge in [0.05, 0.1) is 0 Å². The first-order chi connectivity index (χ1) is 9.49. The molecule has 0 aromatic carbocycles. The molecule has 5 nitrogen and oxygen atoms in total. The first-order valence-corrected chi connectivity index (χ1v) is 7.89.